The lowest BCUT2D eigenvalue weighted by Gasteiger charge is -2.12. The van der Waals surface area contributed by atoms with Crippen molar-refractivity contribution in [3.8, 4) is 0 Å². The number of benzene rings is 2. The Labute approximate surface area is 149 Å². The van der Waals surface area contributed by atoms with E-state index in [4.69, 9.17) is 0 Å². The zero-order valence-electron chi connectivity index (χ0n) is 15.2. The minimum absolute atomic E-state index is 0.737. The largest absolute Gasteiger partial charge is 0.366 e. The second kappa shape index (κ2) is 7.34. The number of aromatic nitrogens is 2. The van der Waals surface area contributed by atoms with Crippen LogP contribution >= 0.6 is 0 Å². The van der Waals surface area contributed by atoms with Crippen LogP contribution in [0.1, 0.15) is 28.1 Å². The van der Waals surface area contributed by atoms with Gasteiger partial charge >= 0.3 is 0 Å². The van der Waals surface area contributed by atoms with Gasteiger partial charge in [-0.3, -0.25) is 0 Å². The molecule has 0 unspecified atom stereocenters. The number of nitrogens with zero attached hydrogens (tertiary/aromatic N) is 2. The van der Waals surface area contributed by atoms with Crippen molar-refractivity contribution >= 4 is 17.3 Å². The Morgan fingerprint density at radius 2 is 1.52 bits per heavy atom. The maximum absolute atomic E-state index is 4.49. The van der Waals surface area contributed by atoms with Crippen molar-refractivity contribution in [3.63, 3.8) is 0 Å². The Morgan fingerprint density at radius 3 is 2.28 bits per heavy atom. The summed E-state index contributed by atoms with van der Waals surface area (Å²) in [6.07, 6.45) is 0. The van der Waals surface area contributed by atoms with Gasteiger partial charge in [-0.1, -0.05) is 30.3 Å². The molecule has 1 heterocycles. The van der Waals surface area contributed by atoms with Crippen LogP contribution in [0.25, 0.3) is 0 Å². The van der Waals surface area contributed by atoms with Gasteiger partial charge in [0.2, 0.25) is 0 Å². The molecule has 0 amide bonds. The highest BCUT2D eigenvalue weighted by Crippen LogP contribution is 2.20. The monoisotopic (exact) mass is 332 g/mol. The van der Waals surface area contributed by atoms with Crippen molar-refractivity contribution in [2.24, 2.45) is 0 Å². The molecule has 2 N–H and O–H groups in total. The van der Waals surface area contributed by atoms with E-state index in [-0.39, 0.29) is 0 Å². The molecule has 0 radical (unpaired) electrons. The van der Waals surface area contributed by atoms with E-state index in [2.05, 4.69) is 83.8 Å². The maximum Gasteiger partial charge on any atom is 0.136 e. The zero-order chi connectivity index (χ0) is 17.8. The van der Waals surface area contributed by atoms with Gasteiger partial charge in [0.25, 0.3) is 0 Å². The first-order valence-corrected chi connectivity index (χ1v) is 8.49. The number of anilines is 3. The molecule has 1 aromatic heterocycles. The van der Waals surface area contributed by atoms with Crippen LogP contribution in [-0.2, 0) is 6.54 Å². The molecule has 2 aromatic carbocycles. The Hall–Kier alpha value is -2.88. The summed E-state index contributed by atoms with van der Waals surface area (Å²) in [6, 6.07) is 16.6. The van der Waals surface area contributed by atoms with Gasteiger partial charge in [0.1, 0.15) is 17.5 Å². The average molecular weight is 332 g/mol. The summed E-state index contributed by atoms with van der Waals surface area (Å²) in [6.45, 7) is 8.99. The fourth-order valence-electron chi connectivity index (χ4n) is 2.68. The number of rotatable bonds is 5. The summed E-state index contributed by atoms with van der Waals surface area (Å²) in [4.78, 5) is 8.98. The molecule has 3 aromatic rings. The topological polar surface area (TPSA) is 49.8 Å². The van der Waals surface area contributed by atoms with Crippen molar-refractivity contribution < 1.29 is 0 Å². The average Bonchev–Trinajstić information content (AvgIpc) is 2.57. The van der Waals surface area contributed by atoms with Gasteiger partial charge in [-0.25, -0.2) is 9.97 Å². The molecule has 128 valence electrons. The first-order valence-electron chi connectivity index (χ1n) is 8.49. The van der Waals surface area contributed by atoms with E-state index < -0.39 is 0 Å². The van der Waals surface area contributed by atoms with Crippen LogP contribution in [0.2, 0.25) is 0 Å². The summed E-state index contributed by atoms with van der Waals surface area (Å²) >= 11 is 0. The molecule has 0 atom stereocenters. The van der Waals surface area contributed by atoms with Crippen molar-refractivity contribution in [3.05, 3.63) is 76.6 Å². The van der Waals surface area contributed by atoms with Gasteiger partial charge < -0.3 is 10.6 Å². The smallest absolute Gasteiger partial charge is 0.136 e. The standard InChI is InChI=1S/C21H24N4/c1-14-9-10-19(11-16(14)3)25-21-12-20(23-17(4)24-21)22-13-18-8-6-5-7-15(18)2/h5-12H,13H2,1-4H3,(H2,22,23,24,25). The maximum atomic E-state index is 4.49. The second-order valence-electron chi connectivity index (χ2n) is 6.39. The van der Waals surface area contributed by atoms with Crippen molar-refractivity contribution in [1.29, 1.82) is 0 Å². The van der Waals surface area contributed by atoms with Crippen LogP contribution < -0.4 is 10.6 Å². The van der Waals surface area contributed by atoms with Crippen molar-refractivity contribution in [2.45, 2.75) is 34.2 Å². The van der Waals surface area contributed by atoms with Gasteiger partial charge in [-0.05, 0) is 62.1 Å². The number of hydrogen-bond acceptors (Lipinski definition) is 4. The van der Waals surface area contributed by atoms with Crippen LogP contribution in [0.4, 0.5) is 17.3 Å². The molecule has 0 saturated heterocycles. The Morgan fingerprint density at radius 1 is 0.760 bits per heavy atom. The van der Waals surface area contributed by atoms with E-state index >= 15 is 0 Å². The van der Waals surface area contributed by atoms with Crippen LogP contribution in [0.5, 0.6) is 0 Å². The summed E-state index contributed by atoms with van der Waals surface area (Å²) in [5.74, 6) is 2.35. The molecular weight excluding hydrogens is 308 g/mol. The Kier molecular flexibility index (Phi) is 4.98. The van der Waals surface area contributed by atoms with Gasteiger partial charge in [0.05, 0.1) is 0 Å². The highest BCUT2D eigenvalue weighted by atomic mass is 15.1. The molecule has 0 aliphatic carbocycles. The molecular formula is C21H24N4. The minimum atomic E-state index is 0.737. The molecule has 4 nitrogen and oxygen atoms in total. The van der Waals surface area contributed by atoms with Crippen LogP contribution in [-0.4, -0.2) is 9.97 Å². The van der Waals surface area contributed by atoms with E-state index in [0.29, 0.717) is 0 Å². The van der Waals surface area contributed by atoms with Gasteiger partial charge in [-0.15, -0.1) is 0 Å². The Balaban J connectivity index is 1.76. The van der Waals surface area contributed by atoms with Crippen LogP contribution in [0.3, 0.4) is 0 Å². The molecule has 0 aliphatic rings. The predicted octanol–water partition coefficient (Wildman–Crippen LogP) is 5.07. The van der Waals surface area contributed by atoms with E-state index in [9.17, 15) is 0 Å². The molecule has 25 heavy (non-hydrogen) atoms. The van der Waals surface area contributed by atoms with Crippen LogP contribution in [0, 0.1) is 27.7 Å². The summed E-state index contributed by atoms with van der Waals surface area (Å²) in [5.41, 5.74) is 6.11. The second-order valence-corrected chi connectivity index (χ2v) is 6.39. The fourth-order valence-corrected chi connectivity index (χ4v) is 2.68. The number of hydrogen-bond donors (Lipinski definition) is 2. The third-order valence-corrected chi connectivity index (χ3v) is 4.34. The fraction of sp³-hybridized carbons (Fsp3) is 0.238. The quantitative estimate of drug-likeness (QED) is 0.685. The van der Waals surface area contributed by atoms with E-state index in [1.165, 1.54) is 22.3 Å². The molecule has 3 rings (SSSR count). The zero-order valence-corrected chi connectivity index (χ0v) is 15.2. The van der Waals surface area contributed by atoms with Gasteiger partial charge in [0, 0.05) is 18.3 Å². The summed E-state index contributed by atoms with van der Waals surface area (Å²) in [7, 11) is 0. The SMILES string of the molecule is Cc1nc(NCc2ccccc2C)cc(Nc2ccc(C)c(C)c2)n1. The predicted molar refractivity (Wildman–Crippen MR) is 104 cm³/mol. The van der Waals surface area contributed by atoms with Gasteiger partial charge in [0.15, 0.2) is 0 Å². The highest BCUT2D eigenvalue weighted by molar-refractivity contribution is 5.60. The molecule has 4 heteroatoms. The minimum Gasteiger partial charge on any atom is -0.366 e. The third kappa shape index (κ3) is 4.35. The molecule has 0 saturated carbocycles. The number of nitrogens with one attached hydrogen (secondary N) is 2. The summed E-state index contributed by atoms with van der Waals surface area (Å²) < 4.78 is 0. The van der Waals surface area contributed by atoms with E-state index in [1.54, 1.807) is 0 Å². The third-order valence-electron chi connectivity index (χ3n) is 4.34. The Bertz CT molecular complexity index is 887. The van der Waals surface area contributed by atoms with Crippen molar-refractivity contribution in [2.75, 3.05) is 10.6 Å². The lowest BCUT2D eigenvalue weighted by molar-refractivity contribution is 1.02. The number of aryl methyl sites for hydroxylation is 4. The van der Waals surface area contributed by atoms with Gasteiger partial charge in [-0.2, -0.15) is 0 Å². The lowest BCUT2D eigenvalue weighted by atomic mass is 10.1. The molecule has 0 aliphatic heterocycles. The normalized spacial score (nSPS) is 10.6. The van der Waals surface area contributed by atoms with E-state index in [1.807, 2.05) is 13.0 Å². The lowest BCUT2D eigenvalue weighted by Crippen LogP contribution is -2.06. The highest BCUT2D eigenvalue weighted by Gasteiger charge is 2.04. The molecule has 0 bridgehead atoms. The van der Waals surface area contributed by atoms with E-state index in [0.717, 1.165) is 29.7 Å². The van der Waals surface area contributed by atoms with Crippen LogP contribution in [0.15, 0.2) is 48.5 Å². The first kappa shape index (κ1) is 17.0. The molecule has 0 spiro atoms. The summed E-state index contributed by atoms with van der Waals surface area (Å²) in [5, 5.41) is 6.77. The van der Waals surface area contributed by atoms with Crippen molar-refractivity contribution in [1.82, 2.24) is 9.97 Å². The first-order chi connectivity index (χ1) is 12.0. The molecule has 0 fully saturated rings.